The van der Waals surface area contributed by atoms with Crippen LogP contribution in [0, 0.1) is 0 Å². The summed E-state index contributed by atoms with van der Waals surface area (Å²) in [5.74, 6) is 0. The second kappa shape index (κ2) is 5.04. The van der Waals surface area contributed by atoms with Gasteiger partial charge in [-0.05, 0) is 0 Å². The van der Waals surface area contributed by atoms with Crippen molar-refractivity contribution in [2.75, 3.05) is 0 Å². The van der Waals surface area contributed by atoms with Gasteiger partial charge in [0.2, 0.25) is 0 Å². The SMILES string of the molecule is [O]=[Nb][O][Nb]=[O]. The average molecular weight is 234 g/mol. The minimum absolute atomic E-state index is 1.66. The molecule has 0 aromatic carbocycles. The summed E-state index contributed by atoms with van der Waals surface area (Å²) in [4.78, 5) is 0. The van der Waals surface area contributed by atoms with E-state index in [0.717, 1.165) is 0 Å². The Morgan fingerprint density at radius 2 is 1.60 bits per heavy atom. The van der Waals surface area contributed by atoms with Crippen molar-refractivity contribution >= 4 is 0 Å². The third kappa shape index (κ3) is 5.04. The van der Waals surface area contributed by atoms with E-state index < -0.39 is 40.2 Å². The molecule has 0 amide bonds. The molecular formula is Nb2O3. The molecule has 0 heterocycles. The molecule has 0 fully saturated rings. The first-order valence-electron chi connectivity index (χ1n) is 0.730. The Balaban J connectivity index is 2.65. The van der Waals surface area contributed by atoms with Crippen LogP contribution in [0.5, 0.6) is 0 Å². The normalized spacial score (nSPS) is 6.40. The molecule has 3 nitrogen and oxygen atoms in total. The monoisotopic (exact) mass is 234 g/mol. The van der Waals surface area contributed by atoms with Gasteiger partial charge in [0.05, 0.1) is 0 Å². The molecule has 0 saturated heterocycles. The van der Waals surface area contributed by atoms with E-state index >= 15 is 0 Å². The second-order valence-corrected chi connectivity index (χ2v) is 3.74. The first-order chi connectivity index (χ1) is 2.41. The standard InChI is InChI=1S/2Nb.3O. The van der Waals surface area contributed by atoms with Gasteiger partial charge in [0.25, 0.3) is 0 Å². The van der Waals surface area contributed by atoms with E-state index in [1.165, 1.54) is 0 Å². The summed E-state index contributed by atoms with van der Waals surface area (Å²) in [6, 6.07) is 0. The van der Waals surface area contributed by atoms with Gasteiger partial charge in [-0.3, -0.25) is 0 Å². The summed E-state index contributed by atoms with van der Waals surface area (Å²) >= 11 is -3.31. The summed E-state index contributed by atoms with van der Waals surface area (Å²) in [6.45, 7) is 0. The number of hydrogen-bond donors (Lipinski definition) is 0. The van der Waals surface area contributed by atoms with E-state index in [9.17, 15) is 6.50 Å². The first-order valence-corrected chi connectivity index (χ1v) is 4.32. The Labute approximate surface area is 48.4 Å². The molecule has 0 rings (SSSR count). The van der Waals surface area contributed by atoms with Crippen LogP contribution in [0.3, 0.4) is 0 Å². The Morgan fingerprint density at radius 1 is 1.20 bits per heavy atom. The van der Waals surface area contributed by atoms with Gasteiger partial charge in [-0.15, -0.1) is 0 Å². The zero-order chi connectivity index (χ0) is 4.12. The van der Waals surface area contributed by atoms with Crippen molar-refractivity contribution in [1.82, 2.24) is 0 Å². The molecule has 0 radical (unpaired) electrons. The van der Waals surface area contributed by atoms with Crippen LogP contribution in [-0.2, 0) is 48.5 Å². The molecule has 0 saturated carbocycles. The van der Waals surface area contributed by atoms with Crippen LogP contribution >= 0.6 is 0 Å². The summed E-state index contributed by atoms with van der Waals surface area (Å²) < 4.78 is 22.6. The van der Waals surface area contributed by atoms with Gasteiger partial charge in [0, 0.05) is 0 Å². The Morgan fingerprint density at radius 3 is 1.60 bits per heavy atom. The van der Waals surface area contributed by atoms with E-state index in [1.807, 2.05) is 0 Å². The Hall–Kier alpha value is 1.04. The molecule has 0 aliphatic rings. The van der Waals surface area contributed by atoms with E-state index in [0.29, 0.717) is 0 Å². The number of rotatable bonds is 2. The summed E-state index contributed by atoms with van der Waals surface area (Å²) in [5, 5.41) is 0. The van der Waals surface area contributed by atoms with Crippen molar-refractivity contribution < 1.29 is 48.5 Å². The maximum absolute atomic E-state index is 9.30. The van der Waals surface area contributed by atoms with Crippen LogP contribution < -0.4 is 0 Å². The first kappa shape index (κ1) is 6.04. The fourth-order valence-corrected chi connectivity index (χ4v) is 0.476. The molecular weight excluding hydrogens is 234 g/mol. The van der Waals surface area contributed by atoms with Crippen molar-refractivity contribution in [2.24, 2.45) is 0 Å². The molecule has 0 aliphatic heterocycles. The van der Waals surface area contributed by atoms with Crippen molar-refractivity contribution in [3.63, 3.8) is 0 Å². The molecule has 0 unspecified atom stereocenters. The fourth-order valence-electron chi connectivity index (χ4n) is 0.0136. The van der Waals surface area contributed by atoms with Crippen molar-refractivity contribution in [2.45, 2.75) is 0 Å². The second-order valence-electron chi connectivity index (χ2n) is 0.231. The van der Waals surface area contributed by atoms with Gasteiger partial charge < -0.3 is 0 Å². The molecule has 28 valence electrons. The molecule has 5 heavy (non-hydrogen) atoms. The molecule has 0 aliphatic carbocycles. The average Bonchev–Trinajstić information content (AvgIpc) is 1.41. The predicted molar refractivity (Wildman–Crippen MR) is 2.46 cm³/mol. The van der Waals surface area contributed by atoms with Gasteiger partial charge in [0.1, 0.15) is 0 Å². The molecule has 0 aromatic heterocycles. The molecule has 5 heteroatoms. The van der Waals surface area contributed by atoms with Gasteiger partial charge >= 0.3 is 48.5 Å². The summed E-state index contributed by atoms with van der Waals surface area (Å²) in [6.07, 6.45) is 0. The molecule has 0 atom stereocenters. The van der Waals surface area contributed by atoms with Crippen LogP contribution in [0.4, 0.5) is 0 Å². The van der Waals surface area contributed by atoms with Gasteiger partial charge in [-0.2, -0.15) is 0 Å². The third-order valence-electron chi connectivity index (χ3n) is 0.0667. The topological polar surface area (TPSA) is 43.4 Å². The van der Waals surface area contributed by atoms with Crippen LogP contribution in [0.2, 0.25) is 0 Å². The zero-order valence-corrected chi connectivity index (χ0v) is 6.52. The van der Waals surface area contributed by atoms with E-state index in [-0.39, 0.29) is 0 Å². The predicted octanol–water partition coefficient (Wildman–Crippen LogP) is -0.311. The molecule has 0 spiro atoms. The van der Waals surface area contributed by atoms with Gasteiger partial charge in [0.15, 0.2) is 0 Å². The minimum atomic E-state index is -1.66. The van der Waals surface area contributed by atoms with Crippen LogP contribution in [0.15, 0.2) is 0 Å². The molecule has 0 aromatic rings. The molecule has 0 N–H and O–H groups in total. The number of hydrogen-bond acceptors (Lipinski definition) is 3. The zero-order valence-electron chi connectivity index (χ0n) is 2.12. The van der Waals surface area contributed by atoms with E-state index in [4.69, 9.17) is 0 Å². The summed E-state index contributed by atoms with van der Waals surface area (Å²) in [7, 11) is 0. The third-order valence-corrected chi connectivity index (χ3v) is 2.33. The summed E-state index contributed by atoms with van der Waals surface area (Å²) in [5.41, 5.74) is 0. The van der Waals surface area contributed by atoms with Gasteiger partial charge in [-0.1, -0.05) is 0 Å². The van der Waals surface area contributed by atoms with Crippen LogP contribution in [0.25, 0.3) is 0 Å². The van der Waals surface area contributed by atoms with Crippen molar-refractivity contribution in [3.8, 4) is 0 Å². The van der Waals surface area contributed by atoms with E-state index in [1.54, 1.807) is 0 Å². The Bertz CT molecular complexity index is 34.2. The van der Waals surface area contributed by atoms with E-state index in [2.05, 4.69) is 1.75 Å². The maximum atomic E-state index is 9.30. The quantitative estimate of drug-likeness (QED) is 0.615. The van der Waals surface area contributed by atoms with Crippen LogP contribution in [0.1, 0.15) is 0 Å². The van der Waals surface area contributed by atoms with Crippen LogP contribution in [-0.4, -0.2) is 0 Å². The Kier molecular flexibility index (Phi) is 6.09. The molecule has 0 bridgehead atoms. The fraction of sp³-hybridized carbons (Fsp3) is 0. The van der Waals surface area contributed by atoms with Gasteiger partial charge in [-0.25, -0.2) is 0 Å². The van der Waals surface area contributed by atoms with Crippen molar-refractivity contribution in [1.29, 1.82) is 0 Å². The van der Waals surface area contributed by atoms with Crippen molar-refractivity contribution in [3.05, 3.63) is 0 Å².